The van der Waals surface area contributed by atoms with Crippen LogP contribution in [0.25, 0.3) is 0 Å². The predicted molar refractivity (Wildman–Crippen MR) is 219 cm³/mol. The molecule has 0 aliphatic rings. The molecular weight excluding hydrogens is 634 g/mol. The fourth-order valence-electron chi connectivity index (χ4n) is 7.41. The molecule has 0 aromatic heterocycles. The van der Waals surface area contributed by atoms with Crippen LogP contribution in [0.5, 0.6) is 0 Å². The average molecular weight is 726 g/mol. The van der Waals surface area contributed by atoms with Crippen LogP contribution in [0.15, 0.2) is 0 Å². The van der Waals surface area contributed by atoms with E-state index in [4.69, 9.17) is 0 Å². The molecule has 0 aliphatic heterocycles. The van der Waals surface area contributed by atoms with E-state index >= 15 is 0 Å². The van der Waals surface area contributed by atoms with E-state index in [1.165, 1.54) is 186 Å². The molecule has 6 nitrogen and oxygen atoms in total. The van der Waals surface area contributed by atoms with Gasteiger partial charge in [-0.3, -0.25) is 4.79 Å². The molecule has 0 aliphatic carbocycles. The zero-order valence-corrected chi connectivity index (χ0v) is 34.4. The number of amides is 1. The normalized spacial score (nSPS) is 14.1. The van der Waals surface area contributed by atoms with Gasteiger partial charge in [0.1, 0.15) is 12.2 Å². The highest BCUT2D eigenvalue weighted by Gasteiger charge is 2.28. The van der Waals surface area contributed by atoms with Crippen LogP contribution < -0.4 is 5.32 Å². The third kappa shape index (κ3) is 34.8. The predicted octanol–water partition coefficient (Wildman–Crippen LogP) is 12.0. The lowest BCUT2D eigenvalue weighted by Crippen LogP contribution is -2.53. The Morgan fingerprint density at radius 3 is 0.941 bits per heavy atom. The Bertz CT molecular complexity index is 692. The lowest BCUT2D eigenvalue weighted by atomic mass is 9.99. The fourth-order valence-corrected chi connectivity index (χ4v) is 7.41. The molecule has 0 spiro atoms. The molecule has 6 heteroatoms. The minimum Gasteiger partial charge on any atom is -0.394 e. The van der Waals surface area contributed by atoms with Crippen molar-refractivity contribution >= 4 is 5.91 Å². The lowest BCUT2D eigenvalue weighted by molar-refractivity contribution is -0.132. The molecule has 0 bridgehead atoms. The molecule has 51 heavy (non-hydrogen) atoms. The first-order valence-corrected chi connectivity index (χ1v) is 22.9. The SMILES string of the molecule is CCCCCCCCCCCCCCCCCCCCCCCCCCCCC(O)C(O)C(CO)NC(=O)C(O)CCCCCCCCCCC. The highest BCUT2D eigenvalue weighted by molar-refractivity contribution is 5.80. The number of carbonyl (C=O) groups is 1. The molecule has 4 atom stereocenters. The van der Waals surface area contributed by atoms with E-state index in [1.807, 2.05) is 0 Å². The highest BCUT2D eigenvalue weighted by atomic mass is 16.3. The molecule has 0 rings (SSSR count). The Morgan fingerprint density at radius 2 is 0.667 bits per heavy atom. The Balaban J connectivity index is 3.57. The molecular formula is C45H91NO5. The molecule has 0 fully saturated rings. The summed E-state index contributed by atoms with van der Waals surface area (Å²) >= 11 is 0. The minimum absolute atomic E-state index is 0.373. The van der Waals surface area contributed by atoms with Gasteiger partial charge in [-0.15, -0.1) is 0 Å². The molecule has 0 saturated heterocycles. The van der Waals surface area contributed by atoms with Crippen molar-refractivity contribution in [3.8, 4) is 0 Å². The van der Waals surface area contributed by atoms with Gasteiger partial charge in [0, 0.05) is 0 Å². The Hall–Kier alpha value is -0.690. The van der Waals surface area contributed by atoms with Crippen molar-refractivity contribution in [1.29, 1.82) is 0 Å². The molecule has 5 N–H and O–H groups in total. The molecule has 306 valence electrons. The number of hydrogen-bond donors (Lipinski definition) is 5. The van der Waals surface area contributed by atoms with Gasteiger partial charge in [0.05, 0.1) is 18.8 Å². The van der Waals surface area contributed by atoms with Gasteiger partial charge in [-0.25, -0.2) is 0 Å². The Labute approximate surface area is 318 Å². The summed E-state index contributed by atoms with van der Waals surface area (Å²) in [7, 11) is 0. The van der Waals surface area contributed by atoms with E-state index < -0.39 is 36.9 Å². The monoisotopic (exact) mass is 726 g/mol. The maximum Gasteiger partial charge on any atom is 0.249 e. The van der Waals surface area contributed by atoms with Crippen LogP contribution in [0.1, 0.15) is 251 Å². The second-order valence-electron chi connectivity index (χ2n) is 16.1. The first kappa shape index (κ1) is 50.3. The zero-order chi connectivity index (χ0) is 37.5. The van der Waals surface area contributed by atoms with Crippen molar-refractivity contribution in [2.45, 2.75) is 276 Å². The third-order valence-corrected chi connectivity index (χ3v) is 11.1. The van der Waals surface area contributed by atoms with Crippen LogP contribution >= 0.6 is 0 Å². The van der Waals surface area contributed by atoms with E-state index in [0.717, 1.165) is 38.5 Å². The van der Waals surface area contributed by atoms with Gasteiger partial charge >= 0.3 is 0 Å². The summed E-state index contributed by atoms with van der Waals surface area (Å²) in [6, 6.07) is -0.977. The number of carbonyl (C=O) groups excluding carboxylic acids is 1. The third-order valence-electron chi connectivity index (χ3n) is 11.1. The molecule has 0 aromatic rings. The Kier molecular flexibility index (Phi) is 39.9. The molecule has 4 unspecified atom stereocenters. The molecule has 0 radical (unpaired) electrons. The topological polar surface area (TPSA) is 110 Å². The van der Waals surface area contributed by atoms with E-state index in [9.17, 15) is 25.2 Å². The largest absolute Gasteiger partial charge is 0.394 e. The second kappa shape index (κ2) is 40.5. The summed E-state index contributed by atoms with van der Waals surface area (Å²) < 4.78 is 0. The van der Waals surface area contributed by atoms with E-state index in [-0.39, 0.29) is 0 Å². The van der Waals surface area contributed by atoms with Gasteiger partial charge in [0.2, 0.25) is 5.91 Å². The number of aliphatic hydroxyl groups excluding tert-OH is 4. The van der Waals surface area contributed by atoms with Crippen molar-refractivity contribution in [3.63, 3.8) is 0 Å². The molecule has 0 heterocycles. The van der Waals surface area contributed by atoms with Gasteiger partial charge in [-0.2, -0.15) is 0 Å². The second-order valence-corrected chi connectivity index (χ2v) is 16.1. The average Bonchev–Trinajstić information content (AvgIpc) is 3.13. The highest BCUT2D eigenvalue weighted by Crippen LogP contribution is 2.17. The number of unbranched alkanes of at least 4 members (excludes halogenated alkanes) is 33. The van der Waals surface area contributed by atoms with Crippen LogP contribution in [0, 0.1) is 0 Å². The first-order chi connectivity index (χ1) is 25.0. The first-order valence-electron chi connectivity index (χ1n) is 22.9. The summed E-state index contributed by atoms with van der Waals surface area (Å²) in [5, 5.41) is 43.6. The van der Waals surface area contributed by atoms with Crippen LogP contribution in [-0.4, -0.2) is 57.3 Å². The van der Waals surface area contributed by atoms with Crippen LogP contribution in [0.2, 0.25) is 0 Å². The van der Waals surface area contributed by atoms with Crippen molar-refractivity contribution in [2.24, 2.45) is 0 Å². The smallest absolute Gasteiger partial charge is 0.249 e. The number of aliphatic hydroxyl groups is 4. The summed E-state index contributed by atoms with van der Waals surface area (Å²) in [5.74, 6) is -0.583. The van der Waals surface area contributed by atoms with Gasteiger partial charge in [0.15, 0.2) is 0 Å². The van der Waals surface area contributed by atoms with Crippen LogP contribution in [0.4, 0.5) is 0 Å². The van der Waals surface area contributed by atoms with Crippen molar-refractivity contribution in [1.82, 2.24) is 5.32 Å². The van der Waals surface area contributed by atoms with Crippen LogP contribution in [0.3, 0.4) is 0 Å². The number of hydrogen-bond acceptors (Lipinski definition) is 5. The van der Waals surface area contributed by atoms with E-state index in [2.05, 4.69) is 19.2 Å². The molecule has 0 aromatic carbocycles. The van der Waals surface area contributed by atoms with Crippen LogP contribution in [-0.2, 0) is 4.79 Å². The van der Waals surface area contributed by atoms with E-state index in [1.54, 1.807) is 0 Å². The summed E-state index contributed by atoms with van der Waals surface area (Å²) in [5.41, 5.74) is 0. The summed E-state index contributed by atoms with van der Waals surface area (Å²) in [4.78, 5) is 12.4. The lowest BCUT2D eigenvalue weighted by Gasteiger charge is -2.27. The number of nitrogens with one attached hydrogen (secondary N) is 1. The standard InChI is InChI=1S/C45H91NO5/c1-3-5-7-9-11-13-14-15-16-17-18-19-20-21-22-23-24-25-26-27-28-29-31-32-34-36-38-42(48)44(50)41(40-47)46-45(51)43(49)39-37-35-33-30-12-10-8-6-4-2/h41-44,47-50H,3-40H2,1-2H3,(H,46,51). The molecule has 1 amide bonds. The Morgan fingerprint density at radius 1 is 0.412 bits per heavy atom. The minimum atomic E-state index is -1.25. The van der Waals surface area contributed by atoms with Crippen molar-refractivity contribution < 1.29 is 25.2 Å². The van der Waals surface area contributed by atoms with Crippen molar-refractivity contribution in [3.05, 3.63) is 0 Å². The van der Waals surface area contributed by atoms with Crippen molar-refractivity contribution in [2.75, 3.05) is 6.61 Å². The zero-order valence-electron chi connectivity index (χ0n) is 34.4. The summed E-state index contributed by atoms with van der Waals surface area (Å²) in [6.45, 7) is 4.03. The van der Waals surface area contributed by atoms with Gasteiger partial charge < -0.3 is 25.7 Å². The van der Waals surface area contributed by atoms with Gasteiger partial charge in [-0.05, 0) is 12.8 Å². The number of rotatable bonds is 42. The molecule has 0 saturated carbocycles. The fraction of sp³-hybridized carbons (Fsp3) is 0.978. The quantitative estimate of drug-likeness (QED) is 0.0402. The maximum absolute atomic E-state index is 12.4. The maximum atomic E-state index is 12.4. The van der Waals surface area contributed by atoms with Gasteiger partial charge in [0.25, 0.3) is 0 Å². The summed E-state index contributed by atoms with van der Waals surface area (Å²) in [6.07, 6.45) is 43.0. The van der Waals surface area contributed by atoms with E-state index in [0.29, 0.717) is 12.8 Å². The van der Waals surface area contributed by atoms with Gasteiger partial charge in [-0.1, -0.05) is 239 Å².